The Morgan fingerprint density at radius 2 is 2.29 bits per heavy atom. The molecule has 1 aromatic rings. The van der Waals surface area contributed by atoms with Crippen LogP contribution in [0.1, 0.15) is 17.7 Å². The molecule has 0 spiro atoms. The number of nitrogens with zero attached hydrogens (tertiary/aromatic N) is 2. The molecule has 1 aromatic heterocycles. The molecule has 0 N–H and O–H groups in total. The first kappa shape index (κ1) is 11.8. The number of rotatable bonds is 2. The number of alkyl halides is 2. The molecule has 74 valence electrons. The van der Waals surface area contributed by atoms with Gasteiger partial charge in [0, 0.05) is 3.57 Å². The Labute approximate surface area is 102 Å². The fraction of sp³-hybridized carbons (Fsp3) is 0.250. The van der Waals surface area contributed by atoms with Gasteiger partial charge < -0.3 is 0 Å². The summed E-state index contributed by atoms with van der Waals surface area (Å²) in [7, 11) is 0. The zero-order valence-electron chi connectivity index (χ0n) is 6.77. The SMILES string of the molecule is N#CCc1cc(I)c(Br)nc1C(F)F. The Hall–Kier alpha value is -0.290. The van der Waals surface area contributed by atoms with Crippen molar-refractivity contribution >= 4 is 38.5 Å². The predicted molar refractivity (Wildman–Crippen MR) is 58.9 cm³/mol. The largest absolute Gasteiger partial charge is 0.280 e. The summed E-state index contributed by atoms with van der Waals surface area (Å²) < 4.78 is 26.0. The lowest BCUT2D eigenvalue weighted by Gasteiger charge is -2.06. The maximum absolute atomic E-state index is 12.5. The summed E-state index contributed by atoms with van der Waals surface area (Å²) >= 11 is 5.03. The van der Waals surface area contributed by atoms with E-state index < -0.39 is 6.43 Å². The normalized spacial score (nSPS) is 10.3. The molecule has 14 heavy (non-hydrogen) atoms. The third kappa shape index (κ3) is 2.60. The second kappa shape index (κ2) is 4.98. The molecular formula is C8H4BrF2IN2. The topological polar surface area (TPSA) is 36.7 Å². The van der Waals surface area contributed by atoms with Gasteiger partial charge in [0.1, 0.15) is 10.3 Å². The molecule has 0 saturated heterocycles. The molecule has 0 saturated carbocycles. The number of hydrogen-bond acceptors (Lipinski definition) is 2. The van der Waals surface area contributed by atoms with Gasteiger partial charge in [0.05, 0.1) is 12.5 Å². The summed E-state index contributed by atoms with van der Waals surface area (Å²) in [5.41, 5.74) is -0.0334. The molecule has 0 amide bonds. The molecule has 2 nitrogen and oxygen atoms in total. The van der Waals surface area contributed by atoms with E-state index >= 15 is 0 Å². The van der Waals surface area contributed by atoms with Crippen molar-refractivity contribution in [3.05, 3.63) is 25.5 Å². The lowest BCUT2D eigenvalue weighted by atomic mass is 10.1. The van der Waals surface area contributed by atoms with E-state index in [4.69, 9.17) is 5.26 Å². The maximum atomic E-state index is 12.5. The molecule has 0 aliphatic heterocycles. The summed E-state index contributed by atoms with van der Waals surface area (Å²) in [5, 5.41) is 8.45. The summed E-state index contributed by atoms with van der Waals surface area (Å²) in [5.74, 6) is 0. The molecule has 1 rings (SSSR count). The Balaban J connectivity index is 3.25. The minimum atomic E-state index is -2.65. The van der Waals surface area contributed by atoms with Crippen LogP contribution in [0.25, 0.3) is 0 Å². The molecule has 0 fully saturated rings. The van der Waals surface area contributed by atoms with Gasteiger partial charge in [0.2, 0.25) is 0 Å². The monoisotopic (exact) mass is 372 g/mol. The van der Waals surface area contributed by atoms with Crippen LogP contribution >= 0.6 is 38.5 Å². The number of hydrogen-bond donors (Lipinski definition) is 0. The zero-order chi connectivity index (χ0) is 10.7. The lowest BCUT2D eigenvalue weighted by Crippen LogP contribution is -2.00. The summed E-state index contributed by atoms with van der Waals surface area (Å²) in [4.78, 5) is 3.70. The van der Waals surface area contributed by atoms with Crippen molar-refractivity contribution in [1.29, 1.82) is 5.26 Å². The van der Waals surface area contributed by atoms with Crippen LogP contribution in [0.3, 0.4) is 0 Å². The van der Waals surface area contributed by atoms with Gasteiger partial charge in [-0.15, -0.1) is 0 Å². The van der Waals surface area contributed by atoms with Crippen LogP contribution < -0.4 is 0 Å². The van der Waals surface area contributed by atoms with E-state index in [0.717, 1.165) is 3.57 Å². The zero-order valence-corrected chi connectivity index (χ0v) is 10.5. The smallest absolute Gasteiger partial charge is 0.238 e. The highest BCUT2D eigenvalue weighted by Gasteiger charge is 2.16. The Morgan fingerprint density at radius 3 is 2.79 bits per heavy atom. The van der Waals surface area contributed by atoms with Crippen molar-refractivity contribution in [3.63, 3.8) is 0 Å². The van der Waals surface area contributed by atoms with E-state index in [9.17, 15) is 8.78 Å². The van der Waals surface area contributed by atoms with Gasteiger partial charge in [-0.05, 0) is 50.2 Å². The third-order valence-corrected chi connectivity index (χ3v) is 3.69. The highest BCUT2D eigenvalue weighted by atomic mass is 127. The first-order valence-electron chi connectivity index (χ1n) is 3.56. The molecule has 6 heteroatoms. The van der Waals surface area contributed by atoms with Crippen LogP contribution in [0.2, 0.25) is 0 Å². The maximum Gasteiger partial charge on any atom is 0.280 e. The van der Waals surface area contributed by atoms with Crippen molar-refractivity contribution in [2.75, 3.05) is 0 Å². The lowest BCUT2D eigenvalue weighted by molar-refractivity contribution is 0.145. The number of pyridine rings is 1. The Morgan fingerprint density at radius 1 is 1.64 bits per heavy atom. The van der Waals surface area contributed by atoms with Gasteiger partial charge in [-0.25, -0.2) is 13.8 Å². The van der Waals surface area contributed by atoms with Gasteiger partial charge in [0.25, 0.3) is 6.43 Å². The Kier molecular flexibility index (Phi) is 4.19. The Bertz CT molecular complexity index is 390. The molecule has 1 heterocycles. The average molecular weight is 373 g/mol. The third-order valence-electron chi connectivity index (χ3n) is 1.52. The van der Waals surface area contributed by atoms with Crippen molar-refractivity contribution in [2.24, 2.45) is 0 Å². The second-order valence-electron chi connectivity index (χ2n) is 2.44. The van der Waals surface area contributed by atoms with Crippen LogP contribution in [0.15, 0.2) is 10.7 Å². The second-order valence-corrected chi connectivity index (χ2v) is 4.35. The van der Waals surface area contributed by atoms with Crippen molar-refractivity contribution in [2.45, 2.75) is 12.8 Å². The highest BCUT2D eigenvalue weighted by Crippen LogP contribution is 2.26. The minimum Gasteiger partial charge on any atom is -0.238 e. The molecule has 0 aliphatic rings. The quantitative estimate of drug-likeness (QED) is 0.589. The molecule has 0 aromatic carbocycles. The van der Waals surface area contributed by atoms with E-state index in [2.05, 4.69) is 20.9 Å². The fourth-order valence-electron chi connectivity index (χ4n) is 0.933. The molecule has 0 unspecified atom stereocenters. The fourth-order valence-corrected chi connectivity index (χ4v) is 1.74. The van der Waals surface area contributed by atoms with Crippen molar-refractivity contribution in [3.8, 4) is 6.07 Å². The first-order chi connectivity index (χ1) is 6.56. The van der Waals surface area contributed by atoms with Crippen LogP contribution in [0.5, 0.6) is 0 Å². The number of halogens is 4. The summed E-state index contributed by atoms with van der Waals surface area (Å²) in [6, 6.07) is 3.38. The van der Waals surface area contributed by atoms with Gasteiger partial charge in [-0.2, -0.15) is 5.26 Å². The molecule has 0 aliphatic carbocycles. The van der Waals surface area contributed by atoms with Gasteiger partial charge in [-0.3, -0.25) is 0 Å². The van der Waals surface area contributed by atoms with Crippen LogP contribution in [0.4, 0.5) is 8.78 Å². The highest BCUT2D eigenvalue weighted by molar-refractivity contribution is 14.1. The summed E-state index contributed by atoms with van der Waals surface area (Å²) in [6.45, 7) is 0. The van der Waals surface area contributed by atoms with Crippen molar-refractivity contribution < 1.29 is 8.78 Å². The minimum absolute atomic E-state index is 0.0457. The molecular weight excluding hydrogens is 369 g/mol. The van der Waals surface area contributed by atoms with Gasteiger partial charge in [0.15, 0.2) is 0 Å². The van der Waals surface area contributed by atoms with Gasteiger partial charge >= 0.3 is 0 Å². The number of nitriles is 1. The van der Waals surface area contributed by atoms with Gasteiger partial charge in [-0.1, -0.05) is 0 Å². The van der Waals surface area contributed by atoms with E-state index in [0.29, 0.717) is 4.60 Å². The average Bonchev–Trinajstić information content (AvgIpc) is 2.11. The van der Waals surface area contributed by atoms with Crippen LogP contribution in [-0.2, 0) is 6.42 Å². The predicted octanol–water partition coefficient (Wildman–Crippen LogP) is 3.45. The van der Waals surface area contributed by atoms with E-state index in [1.165, 1.54) is 0 Å². The standard InChI is InChI=1S/C8H4BrF2IN2/c9-7-5(12)3-4(1-2-13)6(14-7)8(10)11/h3,8H,1H2. The molecule has 0 bridgehead atoms. The van der Waals surface area contributed by atoms with E-state index in [1.54, 1.807) is 6.07 Å². The van der Waals surface area contributed by atoms with E-state index in [1.807, 2.05) is 28.7 Å². The van der Waals surface area contributed by atoms with Crippen LogP contribution in [0, 0.1) is 14.9 Å². The van der Waals surface area contributed by atoms with Crippen molar-refractivity contribution in [1.82, 2.24) is 4.98 Å². The van der Waals surface area contributed by atoms with E-state index in [-0.39, 0.29) is 17.7 Å². The molecule has 0 atom stereocenters. The van der Waals surface area contributed by atoms with Crippen LogP contribution in [-0.4, -0.2) is 4.98 Å². The molecule has 0 radical (unpaired) electrons. The summed E-state index contributed by atoms with van der Waals surface area (Å²) in [6.07, 6.45) is -2.69. The number of aromatic nitrogens is 1. The first-order valence-corrected chi connectivity index (χ1v) is 5.43.